The number of guanidine groups is 1. The number of hydrogen-bond acceptors (Lipinski definition) is 5. The van der Waals surface area contributed by atoms with Crippen molar-refractivity contribution in [3.63, 3.8) is 0 Å². The van der Waals surface area contributed by atoms with Gasteiger partial charge in [-0.25, -0.2) is 4.79 Å². The van der Waals surface area contributed by atoms with Gasteiger partial charge in [0.15, 0.2) is 5.96 Å². The molecule has 126 valence electrons. The molecule has 2 aliphatic heterocycles. The molecule has 22 heavy (non-hydrogen) atoms. The van der Waals surface area contributed by atoms with E-state index in [4.69, 9.17) is 10.5 Å². The van der Waals surface area contributed by atoms with Crippen LogP contribution in [0.1, 0.15) is 26.2 Å². The summed E-state index contributed by atoms with van der Waals surface area (Å²) in [6.07, 6.45) is 2.15. The van der Waals surface area contributed by atoms with Gasteiger partial charge in [0.2, 0.25) is 0 Å². The lowest BCUT2D eigenvalue weighted by Gasteiger charge is -2.31. The van der Waals surface area contributed by atoms with Crippen LogP contribution >= 0.6 is 11.8 Å². The first-order valence-electron chi connectivity index (χ1n) is 7.81. The van der Waals surface area contributed by atoms with Crippen molar-refractivity contribution in [3.8, 4) is 0 Å². The number of nitrogens with two attached hydrogens (primary N) is 1. The zero-order valence-electron chi connectivity index (χ0n) is 13.1. The molecule has 0 aromatic rings. The molecular weight excluding hydrogens is 304 g/mol. The summed E-state index contributed by atoms with van der Waals surface area (Å²) in [7, 11) is 0. The topological polar surface area (TPSA) is 100 Å². The van der Waals surface area contributed by atoms with E-state index < -0.39 is 5.60 Å². The number of amides is 1. The monoisotopic (exact) mass is 330 g/mol. The predicted molar refractivity (Wildman–Crippen MR) is 88.1 cm³/mol. The smallest absolute Gasteiger partial charge is 0.409 e. The van der Waals surface area contributed by atoms with Gasteiger partial charge in [-0.1, -0.05) is 0 Å². The SMILES string of the molecule is CCOC(=O)N1CCC(NC(N)=NCC2(O)CCSC2)CC1. The summed E-state index contributed by atoms with van der Waals surface area (Å²) >= 11 is 1.75. The highest BCUT2D eigenvalue weighted by molar-refractivity contribution is 7.99. The molecule has 0 aromatic heterocycles. The third-order valence-corrected chi connectivity index (χ3v) is 5.23. The molecular formula is C14H26N4O3S. The van der Waals surface area contributed by atoms with Crippen LogP contribution in [0.3, 0.4) is 0 Å². The average molecular weight is 330 g/mol. The Bertz CT molecular complexity index is 405. The maximum atomic E-state index is 11.6. The van der Waals surface area contributed by atoms with Gasteiger partial charge >= 0.3 is 6.09 Å². The number of hydrogen-bond donors (Lipinski definition) is 3. The Balaban J connectivity index is 1.72. The van der Waals surface area contributed by atoms with Crippen LogP contribution in [0.5, 0.6) is 0 Å². The lowest BCUT2D eigenvalue weighted by molar-refractivity contribution is 0.0777. The summed E-state index contributed by atoms with van der Waals surface area (Å²) < 4.78 is 4.99. The number of rotatable bonds is 4. The Morgan fingerprint density at radius 3 is 2.86 bits per heavy atom. The minimum Gasteiger partial charge on any atom is -0.450 e. The number of aliphatic hydroxyl groups is 1. The van der Waals surface area contributed by atoms with Crippen molar-refractivity contribution < 1.29 is 14.6 Å². The van der Waals surface area contributed by atoms with Crippen molar-refractivity contribution in [3.05, 3.63) is 0 Å². The third-order valence-electron chi connectivity index (χ3n) is 4.00. The number of aliphatic imine (C=N–C) groups is 1. The molecule has 1 unspecified atom stereocenters. The Hall–Kier alpha value is -1.15. The largest absolute Gasteiger partial charge is 0.450 e. The van der Waals surface area contributed by atoms with Gasteiger partial charge in [0, 0.05) is 24.9 Å². The second-order valence-corrected chi connectivity index (χ2v) is 6.94. The predicted octanol–water partition coefficient (Wildman–Crippen LogP) is 0.380. The maximum absolute atomic E-state index is 11.6. The second kappa shape index (κ2) is 7.92. The van der Waals surface area contributed by atoms with Crippen molar-refractivity contribution in [2.45, 2.75) is 37.8 Å². The number of ether oxygens (including phenoxy) is 1. The highest BCUT2D eigenvalue weighted by Crippen LogP contribution is 2.27. The van der Waals surface area contributed by atoms with Gasteiger partial charge in [-0.15, -0.1) is 0 Å². The molecule has 2 saturated heterocycles. The molecule has 1 amide bonds. The van der Waals surface area contributed by atoms with Gasteiger partial charge in [0.1, 0.15) is 0 Å². The first-order valence-corrected chi connectivity index (χ1v) is 8.96. The highest BCUT2D eigenvalue weighted by atomic mass is 32.2. The Labute approximate surface area is 135 Å². The molecule has 0 aromatic carbocycles. The molecule has 0 saturated carbocycles. The van der Waals surface area contributed by atoms with Gasteiger partial charge in [0.25, 0.3) is 0 Å². The number of thioether (sulfide) groups is 1. The standard InChI is InChI=1S/C14H26N4O3S/c1-2-21-13(19)18-6-3-11(4-7-18)17-12(15)16-9-14(20)5-8-22-10-14/h11,20H,2-10H2,1H3,(H3,15,16,17). The van der Waals surface area contributed by atoms with Crippen LogP contribution in [0.15, 0.2) is 4.99 Å². The van der Waals surface area contributed by atoms with Crippen molar-refractivity contribution in [2.75, 3.05) is 37.7 Å². The van der Waals surface area contributed by atoms with Crippen LogP contribution in [-0.2, 0) is 4.74 Å². The van der Waals surface area contributed by atoms with Crippen LogP contribution in [0.2, 0.25) is 0 Å². The first kappa shape index (κ1) is 17.2. The minimum absolute atomic E-state index is 0.210. The maximum Gasteiger partial charge on any atom is 0.409 e. The lowest BCUT2D eigenvalue weighted by Crippen LogP contribution is -2.49. The summed E-state index contributed by atoms with van der Waals surface area (Å²) in [5.41, 5.74) is 5.20. The van der Waals surface area contributed by atoms with E-state index in [1.807, 2.05) is 0 Å². The van der Waals surface area contributed by atoms with E-state index in [1.54, 1.807) is 23.6 Å². The molecule has 2 fully saturated rings. The Morgan fingerprint density at radius 1 is 1.55 bits per heavy atom. The number of likely N-dealkylation sites (tertiary alicyclic amines) is 1. The average Bonchev–Trinajstić information content (AvgIpc) is 2.94. The second-order valence-electron chi connectivity index (χ2n) is 5.83. The van der Waals surface area contributed by atoms with Gasteiger partial charge in [-0.05, 0) is 31.9 Å². The molecule has 4 N–H and O–H groups in total. The van der Waals surface area contributed by atoms with Gasteiger partial charge in [-0.3, -0.25) is 4.99 Å². The molecule has 2 rings (SSSR count). The molecule has 0 aliphatic carbocycles. The number of nitrogens with one attached hydrogen (secondary N) is 1. The van der Waals surface area contributed by atoms with Crippen molar-refractivity contribution >= 4 is 23.8 Å². The van der Waals surface area contributed by atoms with Crippen molar-refractivity contribution in [2.24, 2.45) is 10.7 Å². The lowest BCUT2D eigenvalue weighted by atomic mass is 10.0. The van der Waals surface area contributed by atoms with E-state index in [0.29, 0.717) is 32.2 Å². The minimum atomic E-state index is -0.704. The molecule has 0 radical (unpaired) electrons. The van der Waals surface area contributed by atoms with E-state index in [9.17, 15) is 9.90 Å². The fourth-order valence-electron chi connectivity index (χ4n) is 2.63. The van der Waals surface area contributed by atoms with Crippen LogP contribution in [-0.4, -0.2) is 71.4 Å². The number of piperidine rings is 1. The van der Waals surface area contributed by atoms with E-state index >= 15 is 0 Å². The summed E-state index contributed by atoms with van der Waals surface area (Å²) in [5.74, 6) is 2.08. The Kier molecular flexibility index (Phi) is 6.19. The van der Waals surface area contributed by atoms with E-state index in [2.05, 4.69) is 10.3 Å². The van der Waals surface area contributed by atoms with Gasteiger partial charge < -0.3 is 25.8 Å². The summed E-state index contributed by atoms with van der Waals surface area (Å²) in [6.45, 7) is 3.87. The number of carbonyl (C=O) groups is 1. The van der Waals surface area contributed by atoms with Crippen molar-refractivity contribution in [1.29, 1.82) is 0 Å². The molecule has 0 spiro atoms. The molecule has 1 atom stereocenters. The third kappa shape index (κ3) is 4.95. The Morgan fingerprint density at radius 2 is 2.27 bits per heavy atom. The molecule has 7 nitrogen and oxygen atoms in total. The molecule has 2 heterocycles. The van der Waals surface area contributed by atoms with Crippen LogP contribution < -0.4 is 11.1 Å². The van der Waals surface area contributed by atoms with Gasteiger partial charge in [0.05, 0.1) is 18.8 Å². The molecule has 8 heteroatoms. The van der Waals surface area contributed by atoms with Crippen LogP contribution in [0.25, 0.3) is 0 Å². The summed E-state index contributed by atoms with van der Waals surface area (Å²) in [6, 6.07) is 0.210. The fraction of sp³-hybridized carbons (Fsp3) is 0.857. The zero-order chi connectivity index (χ0) is 16.0. The van der Waals surface area contributed by atoms with E-state index in [1.165, 1.54) is 0 Å². The molecule has 0 bridgehead atoms. The van der Waals surface area contributed by atoms with Crippen LogP contribution in [0, 0.1) is 0 Å². The quantitative estimate of drug-likeness (QED) is 0.509. The number of carbonyl (C=O) groups excluding carboxylic acids is 1. The van der Waals surface area contributed by atoms with Crippen LogP contribution in [0.4, 0.5) is 4.79 Å². The normalized spacial score (nSPS) is 27.0. The first-order chi connectivity index (χ1) is 10.5. The fourth-order valence-corrected chi connectivity index (χ4v) is 3.91. The summed E-state index contributed by atoms with van der Waals surface area (Å²) in [5, 5.41) is 13.4. The number of nitrogens with zero attached hydrogens (tertiary/aromatic N) is 2. The molecule has 2 aliphatic rings. The van der Waals surface area contributed by atoms with E-state index in [-0.39, 0.29) is 12.1 Å². The van der Waals surface area contributed by atoms with E-state index in [0.717, 1.165) is 30.8 Å². The highest BCUT2D eigenvalue weighted by Gasteiger charge is 2.31. The van der Waals surface area contributed by atoms with Crippen molar-refractivity contribution in [1.82, 2.24) is 10.2 Å². The zero-order valence-corrected chi connectivity index (χ0v) is 13.9. The van der Waals surface area contributed by atoms with Gasteiger partial charge in [-0.2, -0.15) is 11.8 Å². The summed E-state index contributed by atoms with van der Waals surface area (Å²) in [4.78, 5) is 17.6.